The van der Waals surface area contributed by atoms with Crippen molar-refractivity contribution in [2.24, 2.45) is 4.99 Å². The van der Waals surface area contributed by atoms with Crippen LogP contribution in [0.1, 0.15) is 19.8 Å². The Morgan fingerprint density at radius 1 is 1.38 bits per heavy atom. The first-order valence-corrected chi connectivity index (χ1v) is 5.42. The zero-order chi connectivity index (χ0) is 11.4. The number of amidine groups is 1. The fourth-order valence-corrected chi connectivity index (χ4v) is 1.69. The molecule has 0 spiro atoms. The van der Waals surface area contributed by atoms with Crippen LogP contribution in [0.3, 0.4) is 0 Å². The zero-order valence-corrected chi connectivity index (χ0v) is 9.29. The predicted octanol–water partition coefficient (Wildman–Crippen LogP) is 2.25. The third kappa shape index (κ3) is 2.82. The van der Waals surface area contributed by atoms with Gasteiger partial charge in [0.1, 0.15) is 5.84 Å². The molecule has 0 saturated carbocycles. The van der Waals surface area contributed by atoms with E-state index >= 15 is 0 Å². The van der Waals surface area contributed by atoms with Gasteiger partial charge >= 0.3 is 0 Å². The fraction of sp³-hybridized carbons (Fsp3) is 0.333. The summed E-state index contributed by atoms with van der Waals surface area (Å²) in [5, 5.41) is 6.00. The minimum Gasteiger partial charge on any atom is -0.344 e. The van der Waals surface area contributed by atoms with Crippen molar-refractivity contribution in [3.8, 4) is 0 Å². The Labute approximate surface area is 94.8 Å². The molecule has 1 aromatic rings. The van der Waals surface area contributed by atoms with Crippen molar-refractivity contribution < 1.29 is 4.79 Å². The number of nitrogens with one attached hydrogen (secondary N) is 2. The van der Waals surface area contributed by atoms with Crippen LogP contribution in [-0.4, -0.2) is 18.3 Å². The lowest BCUT2D eigenvalue weighted by molar-refractivity contribution is -0.114. The van der Waals surface area contributed by atoms with E-state index in [2.05, 4.69) is 15.6 Å². The molecule has 2 N–H and O–H groups in total. The molecule has 0 fully saturated rings. The second kappa shape index (κ2) is 4.79. The van der Waals surface area contributed by atoms with Crippen LogP contribution in [0.2, 0.25) is 0 Å². The molecule has 1 aromatic carbocycles. The Hall–Kier alpha value is -1.84. The first kappa shape index (κ1) is 10.7. The number of carbonyl (C=O) groups is 1. The van der Waals surface area contributed by atoms with E-state index in [9.17, 15) is 4.79 Å². The van der Waals surface area contributed by atoms with Crippen molar-refractivity contribution in [2.45, 2.75) is 19.8 Å². The number of amides is 1. The summed E-state index contributed by atoms with van der Waals surface area (Å²) < 4.78 is 0. The van der Waals surface area contributed by atoms with Crippen molar-refractivity contribution in [3.05, 3.63) is 24.3 Å². The second-order valence-electron chi connectivity index (χ2n) is 3.82. The van der Waals surface area contributed by atoms with Crippen LogP contribution in [0, 0.1) is 0 Å². The summed E-state index contributed by atoms with van der Waals surface area (Å²) in [6.45, 7) is 2.41. The molecule has 0 saturated heterocycles. The van der Waals surface area contributed by atoms with Crippen LogP contribution < -0.4 is 10.6 Å². The SMILES string of the molecule is CC(=O)Nc1cccc(NC2=NCCC2)c1. The monoisotopic (exact) mass is 217 g/mol. The number of nitrogens with zero attached hydrogens (tertiary/aromatic N) is 1. The molecular formula is C12H15N3O. The lowest BCUT2D eigenvalue weighted by Crippen LogP contribution is -2.09. The Morgan fingerprint density at radius 3 is 2.88 bits per heavy atom. The first-order valence-electron chi connectivity index (χ1n) is 5.42. The van der Waals surface area contributed by atoms with E-state index < -0.39 is 0 Å². The topological polar surface area (TPSA) is 53.5 Å². The van der Waals surface area contributed by atoms with Gasteiger partial charge in [0.05, 0.1) is 0 Å². The maximum Gasteiger partial charge on any atom is 0.221 e. The summed E-state index contributed by atoms with van der Waals surface area (Å²) in [5.74, 6) is 0.968. The van der Waals surface area contributed by atoms with Gasteiger partial charge in [-0.2, -0.15) is 0 Å². The lowest BCUT2D eigenvalue weighted by atomic mass is 10.2. The molecule has 16 heavy (non-hydrogen) atoms. The van der Waals surface area contributed by atoms with E-state index in [1.807, 2.05) is 24.3 Å². The highest BCUT2D eigenvalue weighted by Gasteiger charge is 2.06. The molecule has 1 aliphatic heterocycles. The maximum absolute atomic E-state index is 10.9. The number of carbonyl (C=O) groups excluding carboxylic acids is 1. The minimum atomic E-state index is -0.0599. The molecule has 1 amide bonds. The van der Waals surface area contributed by atoms with Crippen LogP contribution in [-0.2, 0) is 4.79 Å². The normalized spacial score (nSPS) is 14.4. The van der Waals surface area contributed by atoms with Crippen LogP contribution in [0.25, 0.3) is 0 Å². The van der Waals surface area contributed by atoms with Crippen LogP contribution in [0.15, 0.2) is 29.3 Å². The maximum atomic E-state index is 10.9. The smallest absolute Gasteiger partial charge is 0.221 e. The quantitative estimate of drug-likeness (QED) is 0.798. The number of aliphatic imine (C=N–C) groups is 1. The van der Waals surface area contributed by atoms with Gasteiger partial charge in [-0.1, -0.05) is 6.07 Å². The molecule has 1 aliphatic rings. The van der Waals surface area contributed by atoms with Gasteiger partial charge in [-0.3, -0.25) is 9.79 Å². The fourth-order valence-electron chi connectivity index (χ4n) is 1.69. The molecule has 4 nitrogen and oxygen atoms in total. The average Bonchev–Trinajstić information content (AvgIpc) is 2.70. The van der Waals surface area contributed by atoms with E-state index in [1.54, 1.807) is 0 Å². The molecule has 0 unspecified atom stereocenters. The van der Waals surface area contributed by atoms with E-state index in [0.29, 0.717) is 0 Å². The van der Waals surface area contributed by atoms with Gasteiger partial charge in [-0.15, -0.1) is 0 Å². The van der Waals surface area contributed by atoms with Gasteiger partial charge in [-0.05, 0) is 24.6 Å². The molecule has 4 heteroatoms. The molecule has 84 valence electrons. The molecule has 1 heterocycles. The lowest BCUT2D eigenvalue weighted by Gasteiger charge is -2.08. The van der Waals surface area contributed by atoms with Gasteiger partial charge in [0.25, 0.3) is 0 Å². The summed E-state index contributed by atoms with van der Waals surface area (Å²) in [7, 11) is 0. The zero-order valence-electron chi connectivity index (χ0n) is 9.29. The van der Waals surface area contributed by atoms with Crippen molar-refractivity contribution in [2.75, 3.05) is 17.2 Å². The third-order valence-corrected chi connectivity index (χ3v) is 2.35. The highest BCUT2D eigenvalue weighted by Crippen LogP contribution is 2.16. The van der Waals surface area contributed by atoms with E-state index in [4.69, 9.17) is 0 Å². The van der Waals surface area contributed by atoms with E-state index in [1.165, 1.54) is 6.92 Å². The Bertz CT molecular complexity index is 426. The third-order valence-electron chi connectivity index (χ3n) is 2.35. The molecule has 0 aliphatic carbocycles. The van der Waals surface area contributed by atoms with Crippen LogP contribution >= 0.6 is 0 Å². The first-order chi connectivity index (χ1) is 7.74. The Balaban J connectivity index is 2.06. The highest BCUT2D eigenvalue weighted by molar-refractivity contribution is 5.97. The van der Waals surface area contributed by atoms with E-state index in [-0.39, 0.29) is 5.91 Å². The van der Waals surface area contributed by atoms with Gasteiger partial charge in [0.2, 0.25) is 5.91 Å². The Morgan fingerprint density at radius 2 is 2.19 bits per heavy atom. The molecule has 0 aromatic heterocycles. The molecule has 0 bridgehead atoms. The average molecular weight is 217 g/mol. The summed E-state index contributed by atoms with van der Waals surface area (Å²) in [6, 6.07) is 7.64. The summed E-state index contributed by atoms with van der Waals surface area (Å²) >= 11 is 0. The number of anilines is 2. The summed E-state index contributed by atoms with van der Waals surface area (Å²) in [5.41, 5.74) is 1.77. The predicted molar refractivity (Wildman–Crippen MR) is 65.9 cm³/mol. The van der Waals surface area contributed by atoms with Gasteiger partial charge in [0, 0.05) is 31.3 Å². The molecular weight excluding hydrogens is 202 g/mol. The van der Waals surface area contributed by atoms with Gasteiger partial charge < -0.3 is 10.6 Å². The molecule has 2 rings (SSSR count). The van der Waals surface area contributed by atoms with Crippen LogP contribution in [0.5, 0.6) is 0 Å². The summed E-state index contributed by atoms with van der Waals surface area (Å²) in [4.78, 5) is 15.3. The minimum absolute atomic E-state index is 0.0599. The van der Waals surface area contributed by atoms with Crippen molar-refractivity contribution >= 4 is 23.1 Å². The van der Waals surface area contributed by atoms with Crippen LogP contribution in [0.4, 0.5) is 11.4 Å². The van der Waals surface area contributed by atoms with Crippen molar-refractivity contribution in [1.29, 1.82) is 0 Å². The standard InChI is InChI=1S/C12H15N3O/c1-9(16)14-10-4-2-5-11(8-10)15-12-6-3-7-13-12/h2,4-5,8H,3,6-7H2,1H3,(H,13,15)(H,14,16). The molecule has 0 atom stereocenters. The Kier molecular flexibility index (Phi) is 3.19. The van der Waals surface area contributed by atoms with E-state index in [0.717, 1.165) is 36.6 Å². The van der Waals surface area contributed by atoms with Gasteiger partial charge in [0.15, 0.2) is 0 Å². The number of benzene rings is 1. The number of rotatable bonds is 2. The highest BCUT2D eigenvalue weighted by atomic mass is 16.1. The molecule has 0 radical (unpaired) electrons. The van der Waals surface area contributed by atoms with Crippen molar-refractivity contribution in [3.63, 3.8) is 0 Å². The van der Waals surface area contributed by atoms with Crippen molar-refractivity contribution in [1.82, 2.24) is 0 Å². The number of hydrogen-bond donors (Lipinski definition) is 2. The largest absolute Gasteiger partial charge is 0.344 e. The second-order valence-corrected chi connectivity index (χ2v) is 3.82. The number of hydrogen-bond acceptors (Lipinski definition) is 3. The summed E-state index contributed by atoms with van der Waals surface area (Å²) in [6.07, 6.45) is 2.12. The van der Waals surface area contributed by atoms with Gasteiger partial charge in [-0.25, -0.2) is 0 Å².